The van der Waals surface area contributed by atoms with Gasteiger partial charge in [0.15, 0.2) is 0 Å². The second-order valence-corrected chi connectivity index (χ2v) is 2.33. The van der Waals surface area contributed by atoms with Crippen LogP contribution >= 0.6 is 0 Å². The first-order valence-electron chi connectivity index (χ1n) is 3.72. The third-order valence-corrected chi connectivity index (χ3v) is 1.40. The van der Waals surface area contributed by atoms with Gasteiger partial charge in [-0.05, 0) is 6.20 Å². The van der Waals surface area contributed by atoms with E-state index in [1.165, 1.54) is 0 Å². The molecule has 0 unspecified atom stereocenters. The maximum atomic E-state index is 11.1. The maximum absolute atomic E-state index is 11.1. The Bertz CT molecular complexity index is 241. The zero-order chi connectivity index (χ0) is 8.81. The van der Waals surface area contributed by atoms with Crippen molar-refractivity contribution in [3.63, 3.8) is 0 Å². The van der Waals surface area contributed by atoms with Gasteiger partial charge < -0.3 is 10.1 Å². The average Bonchev–Trinajstić information content (AvgIpc) is 2.15. The zero-order valence-electron chi connectivity index (χ0n) is 6.75. The Morgan fingerprint density at radius 2 is 2.67 bits per heavy atom. The smallest absolute Gasteiger partial charge is 0.336 e. The Morgan fingerprint density at radius 1 is 1.83 bits per heavy atom. The summed E-state index contributed by atoms with van der Waals surface area (Å²) in [7, 11) is 0. The number of allylic oxidation sites excluding steroid dienone is 1. The Balaban J connectivity index is 2.41. The van der Waals surface area contributed by atoms with Crippen LogP contribution in [-0.2, 0) is 9.53 Å². The van der Waals surface area contributed by atoms with Gasteiger partial charge in [-0.25, -0.2) is 4.79 Å². The second kappa shape index (κ2) is 4.38. The van der Waals surface area contributed by atoms with Crippen LogP contribution in [-0.4, -0.2) is 12.6 Å². The summed E-state index contributed by atoms with van der Waals surface area (Å²) in [6.45, 7) is 3.72. The third-order valence-electron chi connectivity index (χ3n) is 1.40. The predicted molar refractivity (Wildman–Crippen MR) is 46.1 cm³/mol. The average molecular weight is 165 g/mol. The van der Waals surface area contributed by atoms with Crippen LogP contribution in [0, 0.1) is 0 Å². The number of dihydropyridines is 1. The van der Waals surface area contributed by atoms with Crippen LogP contribution in [0.2, 0.25) is 0 Å². The maximum Gasteiger partial charge on any atom is 0.336 e. The lowest BCUT2D eigenvalue weighted by Gasteiger charge is -2.07. The van der Waals surface area contributed by atoms with Crippen molar-refractivity contribution in [3.05, 3.63) is 36.7 Å². The molecule has 1 aliphatic heterocycles. The molecule has 64 valence electrons. The first-order valence-corrected chi connectivity index (χ1v) is 3.72. The van der Waals surface area contributed by atoms with Gasteiger partial charge in [-0.3, -0.25) is 0 Å². The molecule has 1 heterocycles. The molecule has 3 heteroatoms. The number of nitrogens with one attached hydrogen (secondary N) is 1. The molecule has 0 atom stereocenters. The number of hydrogen-bond acceptors (Lipinski definition) is 3. The van der Waals surface area contributed by atoms with Crippen LogP contribution in [0.3, 0.4) is 0 Å². The van der Waals surface area contributed by atoms with Gasteiger partial charge in [-0.15, -0.1) is 0 Å². The molecule has 0 saturated heterocycles. The lowest BCUT2D eigenvalue weighted by atomic mass is 10.2. The minimum Gasteiger partial charge on any atom is -0.458 e. The molecule has 0 aromatic rings. The van der Waals surface area contributed by atoms with Crippen LogP contribution in [0.5, 0.6) is 0 Å². The molecule has 0 amide bonds. The van der Waals surface area contributed by atoms with Gasteiger partial charge in [0.2, 0.25) is 0 Å². The minimum absolute atomic E-state index is 0.264. The topological polar surface area (TPSA) is 38.3 Å². The van der Waals surface area contributed by atoms with Gasteiger partial charge in [-0.2, -0.15) is 0 Å². The molecule has 1 rings (SSSR count). The van der Waals surface area contributed by atoms with Gasteiger partial charge in [0.1, 0.15) is 6.61 Å². The lowest BCUT2D eigenvalue weighted by Crippen LogP contribution is -2.12. The molecule has 1 N–H and O–H groups in total. The quantitative estimate of drug-likeness (QED) is 0.503. The molecule has 0 radical (unpaired) electrons. The Morgan fingerprint density at radius 3 is 3.25 bits per heavy atom. The van der Waals surface area contributed by atoms with E-state index in [2.05, 4.69) is 11.9 Å². The molecule has 0 aromatic heterocycles. The summed E-state index contributed by atoms with van der Waals surface area (Å²) in [4.78, 5) is 11.1. The number of carbonyl (C=O) groups is 1. The summed E-state index contributed by atoms with van der Waals surface area (Å²) in [6.07, 6.45) is 7.47. The fourth-order valence-corrected chi connectivity index (χ4v) is 0.831. The van der Waals surface area contributed by atoms with E-state index < -0.39 is 0 Å². The molecule has 12 heavy (non-hydrogen) atoms. The first-order chi connectivity index (χ1) is 5.84. The summed E-state index contributed by atoms with van der Waals surface area (Å²) in [5.41, 5.74) is 0.638. The van der Waals surface area contributed by atoms with Crippen molar-refractivity contribution in [3.8, 4) is 0 Å². The van der Waals surface area contributed by atoms with Crippen molar-refractivity contribution < 1.29 is 9.53 Å². The molecule has 0 spiro atoms. The monoisotopic (exact) mass is 165 g/mol. The van der Waals surface area contributed by atoms with E-state index in [1.54, 1.807) is 18.5 Å². The SMILES string of the molecule is C=CCOC(=O)C1=CNC=CC1. The largest absolute Gasteiger partial charge is 0.458 e. The van der Waals surface area contributed by atoms with Crippen LogP contribution in [0.1, 0.15) is 6.42 Å². The van der Waals surface area contributed by atoms with Crippen molar-refractivity contribution in [2.24, 2.45) is 0 Å². The molecule has 0 saturated carbocycles. The highest BCUT2D eigenvalue weighted by Crippen LogP contribution is 2.06. The number of rotatable bonds is 3. The number of hydrogen-bond donors (Lipinski definition) is 1. The predicted octanol–water partition coefficient (Wildman–Crippen LogP) is 1.11. The molecule has 1 aliphatic rings. The van der Waals surface area contributed by atoms with Crippen molar-refractivity contribution in [2.75, 3.05) is 6.61 Å². The van der Waals surface area contributed by atoms with Crippen LogP contribution in [0.4, 0.5) is 0 Å². The summed E-state index contributed by atoms with van der Waals surface area (Å²) in [5.74, 6) is -0.285. The van der Waals surface area contributed by atoms with Crippen molar-refractivity contribution in [2.45, 2.75) is 6.42 Å². The summed E-state index contributed by atoms with van der Waals surface area (Å²) >= 11 is 0. The number of ether oxygens (including phenoxy) is 1. The van der Waals surface area contributed by atoms with E-state index in [0.717, 1.165) is 0 Å². The van der Waals surface area contributed by atoms with E-state index in [-0.39, 0.29) is 12.6 Å². The molecule has 0 aliphatic carbocycles. The van der Waals surface area contributed by atoms with Crippen LogP contribution in [0.15, 0.2) is 36.7 Å². The normalized spacial score (nSPS) is 14.5. The van der Waals surface area contributed by atoms with Crippen molar-refractivity contribution >= 4 is 5.97 Å². The van der Waals surface area contributed by atoms with E-state index in [4.69, 9.17) is 4.74 Å². The molecule has 0 aromatic carbocycles. The number of esters is 1. The van der Waals surface area contributed by atoms with E-state index in [9.17, 15) is 4.79 Å². The standard InChI is InChI=1S/C9H11NO2/c1-2-6-12-9(11)8-4-3-5-10-7-8/h2-3,5,7,10H,1,4,6H2. The van der Waals surface area contributed by atoms with Crippen molar-refractivity contribution in [1.82, 2.24) is 5.32 Å². The highest BCUT2D eigenvalue weighted by Gasteiger charge is 2.09. The molecule has 0 bridgehead atoms. The van der Waals surface area contributed by atoms with E-state index in [1.807, 2.05) is 6.08 Å². The fraction of sp³-hybridized carbons (Fsp3) is 0.222. The van der Waals surface area contributed by atoms with Crippen LogP contribution < -0.4 is 5.32 Å². The Kier molecular flexibility index (Phi) is 3.14. The Hall–Kier alpha value is -1.51. The fourth-order valence-electron chi connectivity index (χ4n) is 0.831. The number of carbonyl (C=O) groups excluding carboxylic acids is 1. The lowest BCUT2D eigenvalue weighted by molar-refractivity contribution is -0.137. The third kappa shape index (κ3) is 2.27. The highest BCUT2D eigenvalue weighted by molar-refractivity contribution is 5.88. The van der Waals surface area contributed by atoms with Gasteiger partial charge in [-0.1, -0.05) is 18.7 Å². The second-order valence-electron chi connectivity index (χ2n) is 2.33. The van der Waals surface area contributed by atoms with E-state index >= 15 is 0 Å². The van der Waals surface area contributed by atoms with Crippen LogP contribution in [0.25, 0.3) is 0 Å². The highest BCUT2D eigenvalue weighted by atomic mass is 16.5. The summed E-state index contributed by atoms with van der Waals surface area (Å²) in [6, 6.07) is 0. The van der Waals surface area contributed by atoms with E-state index in [0.29, 0.717) is 12.0 Å². The Labute approximate surface area is 71.4 Å². The molecule has 3 nitrogen and oxygen atoms in total. The molecular formula is C9H11NO2. The summed E-state index contributed by atoms with van der Waals surface area (Å²) < 4.78 is 4.83. The van der Waals surface area contributed by atoms with Gasteiger partial charge in [0, 0.05) is 12.6 Å². The zero-order valence-corrected chi connectivity index (χ0v) is 6.75. The first kappa shape index (κ1) is 8.59. The summed E-state index contributed by atoms with van der Waals surface area (Å²) in [5, 5.41) is 2.82. The molecule has 0 fully saturated rings. The molecular weight excluding hydrogens is 154 g/mol. The van der Waals surface area contributed by atoms with Crippen molar-refractivity contribution in [1.29, 1.82) is 0 Å². The van der Waals surface area contributed by atoms with Gasteiger partial charge in [0.25, 0.3) is 0 Å². The van der Waals surface area contributed by atoms with Gasteiger partial charge in [0.05, 0.1) is 5.57 Å². The van der Waals surface area contributed by atoms with Gasteiger partial charge >= 0.3 is 5.97 Å². The minimum atomic E-state index is -0.285.